The minimum Gasteiger partial charge on any atom is -0.445 e. The van der Waals surface area contributed by atoms with Crippen molar-refractivity contribution in [2.45, 2.75) is 44.4 Å². The fourth-order valence-corrected chi connectivity index (χ4v) is 2.36. The summed E-state index contributed by atoms with van der Waals surface area (Å²) in [7, 11) is 0. The van der Waals surface area contributed by atoms with E-state index < -0.39 is 6.09 Å². The Balaban J connectivity index is 1.69. The Morgan fingerprint density at radius 1 is 1.25 bits per heavy atom. The first kappa shape index (κ1) is 14.3. The van der Waals surface area contributed by atoms with Crippen molar-refractivity contribution in [1.82, 2.24) is 5.32 Å². The summed E-state index contributed by atoms with van der Waals surface area (Å²) < 4.78 is 5.17. The van der Waals surface area contributed by atoms with Gasteiger partial charge in [0.1, 0.15) is 6.61 Å². The number of aliphatic imine (C=N–C) groups is 1. The number of hydrogen-bond acceptors (Lipinski definition) is 4. The minimum absolute atomic E-state index is 0.0610. The predicted molar refractivity (Wildman–Crippen MR) is 73.9 cm³/mol. The molecule has 0 aliphatic heterocycles. The Bertz CT molecular complexity index is 475. The number of isocyanates is 1. The summed E-state index contributed by atoms with van der Waals surface area (Å²) in [4.78, 5) is 25.6. The number of benzene rings is 1. The summed E-state index contributed by atoms with van der Waals surface area (Å²) in [6.07, 6.45) is 4.44. The summed E-state index contributed by atoms with van der Waals surface area (Å²) in [6, 6.07) is 9.73. The summed E-state index contributed by atoms with van der Waals surface area (Å²) in [5.74, 6) is 0. The van der Waals surface area contributed by atoms with Crippen LogP contribution in [-0.4, -0.2) is 24.3 Å². The number of ether oxygens (including phenoxy) is 1. The number of nitrogens with one attached hydrogen (secondary N) is 1. The molecule has 1 aromatic carbocycles. The van der Waals surface area contributed by atoms with Crippen molar-refractivity contribution in [2.24, 2.45) is 4.99 Å². The molecule has 1 saturated carbocycles. The summed E-state index contributed by atoms with van der Waals surface area (Å²) in [5, 5.41) is 2.85. The first-order chi connectivity index (χ1) is 9.78. The third-order valence-corrected chi connectivity index (χ3v) is 3.47. The SMILES string of the molecule is O=C=N[C@H]1CC[C@H](NC(=O)OCc2ccccc2)CC1. The Hall–Kier alpha value is -2.13. The zero-order valence-corrected chi connectivity index (χ0v) is 11.2. The summed E-state index contributed by atoms with van der Waals surface area (Å²) >= 11 is 0. The average Bonchev–Trinajstić information content (AvgIpc) is 2.49. The number of rotatable bonds is 4. The fraction of sp³-hybridized carbons (Fsp3) is 0.467. The molecular formula is C15H18N2O3. The molecule has 106 valence electrons. The Kier molecular flexibility index (Phi) is 5.33. The van der Waals surface area contributed by atoms with Crippen molar-refractivity contribution in [2.75, 3.05) is 0 Å². The maximum Gasteiger partial charge on any atom is 0.407 e. The van der Waals surface area contributed by atoms with E-state index in [1.54, 1.807) is 6.08 Å². The molecule has 1 N–H and O–H groups in total. The predicted octanol–water partition coefficient (Wildman–Crippen LogP) is 2.56. The van der Waals surface area contributed by atoms with Gasteiger partial charge in [-0.05, 0) is 31.2 Å². The smallest absolute Gasteiger partial charge is 0.407 e. The monoisotopic (exact) mass is 274 g/mol. The van der Waals surface area contributed by atoms with Crippen molar-refractivity contribution < 1.29 is 14.3 Å². The van der Waals surface area contributed by atoms with E-state index in [1.807, 2.05) is 30.3 Å². The van der Waals surface area contributed by atoms with Crippen LogP contribution >= 0.6 is 0 Å². The Labute approximate surface area is 118 Å². The number of amides is 1. The third-order valence-electron chi connectivity index (χ3n) is 3.47. The molecule has 0 unspecified atom stereocenters. The van der Waals surface area contributed by atoms with Gasteiger partial charge >= 0.3 is 6.09 Å². The van der Waals surface area contributed by atoms with Gasteiger partial charge in [-0.2, -0.15) is 0 Å². The standard InChI is InChI=1S/C15H18N2O3/c18-11-16-13-6-8-14(9-7-13)17-15(19)20-10-12-4-2-1-3-5-12/h1-5,13-14H,6-10H2,(H,17,19)/t13-,14-. The molecule has 0 heterocycles. The highest BCUT2D eigenvalue weighted by atomic mass is 16.5. The molecule has 0 bridgehead atoms. The van der Waals surface area contributed by atoms with Crippen LogP contribution in [0.15, 0.2) is 35.3 Å². The maximum absolute atomic E-state index is 11.7. The van der Waals surface area contributed by atoms with Gasteiger partial charge in [0.2, 0.25) is 6.08 Å². The van der Waals surface area contributed by atoms with E-state index in [-0.39, 0.29) is 18.7 Å². The molecule has 5 nitrogen and oxygen atoms in total. The molecule has 1 aromatic rings. The average molecular weight is 274 g/mol. The number of carbonyl (C=O) groups excluding carboxylic acids is 2. The first-order valence-corrected chi connectivity index (χ1v) is 6.82. The molecule has 1 fully saturated rings. The highest BCUT2D eigenvalue weighted by Crippen LogP contribution is 2.20. The van der Waals surface area contributed by atoms with Crippen LogP contribution in [0.4, 0.5) is 4.79 Å². The molecule has 2 rings (SSSR count). The summed E-state index contributed by atoms with van der Waals surface area (Å²) in [5.41, 5.74) is 0.965. The molecule has 0 saturated heterocycles. The van der Waals surface area contributed by atoms with E-state index in [4.69, 9.17) is 4.74 Å². The van der Waals surface area contributed by atoms with Gasteiger partial charge in [0.25, 0.3) is 0 Å². The van der Waals surface area contributed by atoms with Crippen molar-refractivity contribution in [3.8, 4) is 0 Å². The van der Waals surface area contributed by atoms with Crippen LogP contribution in [0.1, 0.15) is 31.2 Å². The molecule has 0 spiro atoms. The van der Waals surface area contributed by atoms with E-state index in [9.17, 15) is 9.59 Å². The van der Waals surface area contributed by atoms with Gasteiger partial charge in [0, 0.05) is 6.04 Å². The van der Waals surface area contributed by atoms with E-state index in [1.165, 1.54) is 0 Å². The van der Waals surface area contributed by atoms with Crippen LogP contribution in [-0.2, 0) is 16.1 Å². The zero-order valence-electron chi connectivity index (χ0n) is 11.2. The normalized spacial score (nSPS) is 21.6. The number of carbonyl (C=O) groups is 1. The van der Waals surface area contributed by atoms with E-state index in [2.05, 4.69) is 10.3 Å². The number of nitrogens with zero attached hydrogens (tertiary/aromatic N) is 1. The van der Waals surface area contributed by atoms with Gasteiger partial charge in [-0.25, -0.2) is 14.6 Å². The van der Waals surface area contributed by atoms with Gasteiger partial charge in [-0.3, -0.25) is 0 Å². The molecule has 5 heteroatoms. The van der Waals surface area contributed by atoms with Crippen molar-refractivity contribution in [3.63, 3.8) is 0 Å². The molecule has 1 amide bonds. The van der Waals surface area contributed by atoms with Gasteiger partial charge in [-0.15, -0.1) is 0 Å². The lowest BCUT2D eigenvalue weighted by molar-refractivity contribution is 0.132. The molecule has 0 atom stereocenters. The maximum atomic E-state index is 11.7. The third kappa shape index (κ3) is 4.52. The lowest BCUT2D eigenvalue weighted by Gasteiger charge is -2.25. The zero-order chi connectivity index (χ0) is 14.2. The van der Waals surface area contributed by atoms with Crippen LogP contribution < -0.4 is 5.32 Å². The second-order valence-electron chi connectivity index (χ2n) is 4.93. The second-order valence-corrected chi connectivity index (χ2v) is 4.93. The van der Waals surface area contributed by atoms with Crippen LogP contribution in [0.25, 0.3) is 0 Å². The van der Waals surface area contributed by atoms with Crippen molar-refractivity contribution in [3.05, 3.63) is 35.9 Å². The second kappa shape index (κ2) is 7.46. The van der Waals surface area contributed by atoms with Gasteiger partial charge in [0.05, 0.1) is 6.04 Å². The van der Waals surface area contributed by atoms with Crippen molar-refractivity contribution in [1.29, 1.82) is 0 Å². The molecule has 20 heavy (non-hydrogen) atoms. The van der Waals surface area contributed by atoms with E-state index in [0.29, 0.717) is 0 Å². The molecule has 0 aromatic heterocycles. The first-order valence-electron chi connectivity index (χ1n) is 6.82. The highest BCUT2D eigenvalue weighted by Gasteiger charge is 2.22. The number of hydrogen-bond donors (Lipinski definition) is 1. The van der Waals surface area contributed by atoms with Gasteiger partial charge < -0.3 is 10.1 Å². The minimum atomic E-state index is -0.392. The number of alkyl carbamates (subject to hydrolysis) is 1. The molecule has 1 aliphatic carbocycles. The highest BCUT2D eigenvalue weighted by molar-refractivity contribution is 5.67. The van der Waals surface area contributed by atoms with Gasteiger partial charge in [0.15, 0.2) is 0 Å². The lowest BCUT2D eigenvalue weighted by Crippen LogP contribution is -2.38. The fourth-order valence-electron chi connectivity index (χ4n) is 2.36. The molecule has 0 radical (unpaired) electrons. The quantitative estimate of drug-likeness (QED) is 0.677. The Morgan fingerprint density at radius 3 is 2.60 bits per heavy atom. The van der Waals surface area contributed by atoms with Crippen LogP contribution in [0.5, 0.6) is 0 Å². The van der Waals surface area contributed by atoms with Crippen LogP contribution in [0.3, 0.4) is 0 Å². The largest absolute Gasteiger partial charge is 0.445 e. The molecule has 1 aliphatic rings. The van der Waals surface area contributed by atoms with Crippen LogP contribution in [0.2, 0.25) is 0 Å². The van der Waals surface area contributed by atoms with E-state index in [0.717, 1.165) is 31.2 Å². The topological polar surface area (TPSA) is 67.8 Å². The summed E-state index contributed by atoms with van der Waals surface area (Å²) in [6.45, 7) is 0.275. The van der Waals surface area contributed by atoms with Crippen molar-refractivity contribution >= 4 is 12.2 Å². The van der Waals surface area contributed by atoms with Gasteiger partial charge in [-0.1, -0.05) is 30.3 Å². The lowest BCUT2D eigenvalue weighted by atomic mass is 9.92. The molecular weight excluding hydrogens is 256 g/mol. The Morgan fingerprint density at radius 2 is 1.95 bits per heavy atom. The van der Waals surface area contributed by atoms with Crippen LogP contribution in [0, 0.1) is 0 Å². The van der Waals surface area contributed by atoms with E-state index >= 15 is 0 Å².